The molecule has 170 valence electrons. The molecule has 0 aromatic carbocycles. The molecule has 31 heavy (non-hydrogen) atoms. The van der Waals surface area contributed by atoms with Gasteiger partial charge in [-0.05, 0) is 0 Å². The summed E-state index contributed by atoms with van der Waals surface area (Å²) in [6.07, 6.45) is -4.19. The van der Waals surface area contributed by atoms with Crippen LogP contribution in [0.25, 0.3) is 0 Å². The van der Waals surface area contributed by atoms with Crippen molar-refractivity contribution in [3.63, 3.8) is 0 Å². The van der Waals surface area contributed by atoms with Crippen LogP contribution in [0.5, 0.6) is 0 Å². The lowest BCUT2D eigenvalue weighted by molar-refractivity contribution is -0.165. The lowest BCUT2D eigenvalue weighted by Gasteiger charge is -2.30. The van der Waals surface area contributed by atoms with Gasteiger partial charge in [-0.15, -0.1) is 0 Å². The van der Waals surface area contributed by atoms with E-state index < -0.39 is 53.7 Å². The van der Waals surface area contributed by atoms with E-state index in [-0.39, 0.29) is 24.8 Å². The number of ether oxygens (including phenoxy) is 4. The van der Waals surface area contributed by atoms with E-state index >= 15 is 0 Å². The van der Waals surface area contributed by atoms with Crippen LogP contribution in [0.1, 0.15) is 20.8 Å². The van der Waals surface area contributed by atoms with Gasteiger partial charge in [-0.25, -0.2) is 4.79 Å². The zero-order valence-corrected chi connectivity index (χ0v) is 17.7. The van der Waals surface area contributed by atoms with E-state index in [1.807, 2.05) is 0 Å². The summed E-state index contributed by atoms with van der Waals surface area (Å²) in [4.78, 5) is 65.3. The number of esters is 3. The molecule has 4 atom stereocenters. The van der Waals surface area contributed by atoms with Crippen molar-refractivity contribution in [3.8, 4) is 0 Å². The third kappa shape index (κ3) is 4.26. The van der Waals surface area contributed by atoms with Crippen LogP contribution in [0.2, 0.25) is 0 Å². The van der Waals surface area contributed by atoms with Gasteiger partial charge in [-0.1, -0.05) is 0 Å². The topological polar surface area (TPSA) is 149 Å². The van der Waals surface area contributed by atoms with Crippen LogP contribution < -0.4 is 21.0 Å². The molecule has 13 heteroatoms. The van der Waals surface area contributed by atoms with Crippen LogP contribution in [0.15, 0.2) is 9.59 Å². The number of carbonyl (C=O) groups excluding carboxylic acids is 3. The van der Waals surface area contributed by atoms with Gasteiger partial charge in [0.15, 0.2) is 18.4 Å². The van der Waals surface area contributed by atoms with Gasteiger partial charge in [0, 0.05) is 34.9 Å². The molecule has 0 amide bonds. The summed E-state index contributed by atoms with van der Waals surface area (Å²) < 4.78 is 22.7. The first kappa shape index (κ1) is 22.3. The second kappa shape index (κ2) is 8.41. The number of hydrogen-bond donors (Lipinski definition) is 1. The van der Waals surface area contributed by atoms with Crippen LogP contribution in [0.3, 0.4) is 0 Å². The first-order valence-electron chi connectivity index (χ1n) is 9.45. The maximum atomic E-state index is 12.6. The van der Waals surface area contributed by atoms with E-state index in [4.69, 9.17) is 18.9 Å². The standard InChI is InChI=1S/C18H24N4O9/c1-8(23)28-6-11-13(29-9(2)24)14(30-10(3)25)17(31-11)22-7-20(4)12-15(22)19-18(27)21(5)16(12)26/h11,13-14,17H,6-7H2,1-5H3,(H,19,27)/t11-,13-,14-,17-/m1/s1. The maximum Gasteiger partial charge on any atom is 0.329 e. The summed E-state index contributed by atoms with van der Waals surface area (Å²) in [5.41, 5.74) is -0.933. The fraction of sp³-hybridized carbons (Fsp3) is 0.611. The molecule has 0 aliphatic carbocycles. The highest BCUT2D eigenvalue weighted by Gasteiger charge is 2.53. The molecular formula is C18H24N4O9. The molecule has 2 aliphatic heterocycles. The summed E-state index contributed by atoms with van der Waals surface area (Å²) >= 11 is 0. The Hall–Kier alpha value is -3.35. The van der Waals surface area contributed by atoms with Gasteiger partial charge < -0.3 is 28.7 Å². The van der Waals surface area contributed by atoms with Crippen LogP contribution >= 0.6 is 0 Å². The number of nitrogens with one attached hydrogen (secondary N) is 1. The number of aromatic amines is 1. The van der Waals surface area contributed by atoms with Crippen LogP contribution in [-0.2, 0) is 40.4 Å². The third-order valence-corrected chi connectivity index (χ3v) is 4.94. The molecule has 0 saturated carbocycles. The van der Waals surface area contributed by atoms with Crippen molar-refractivity contribution in [2.24, 2.45) is 7.05 Å². The van der Waals surface area contributed by atoms with Gasteiger partial charge in [-0.2, -0.15) is 0 Å². The molecular weight excluding hydrogens is 416 g/mol. The Morgan fingerprint density at radius 2 is 1.65 bits per heavy atom. The summed E-state index contributed by atoms with van der Waals surface area (Å²) in [5, 5.41) is 0. The summed E-state index contributed by atoms with van der Waals surface area (Å²) in [5.74, 6) is -1.71. The van der Waals surface area contributed by atoms with E-state index in [9.17, 15) is 24.0 Å². The van der Waals surface area contributed by atoms with Crippen molar-refractivity contribution >= 4 is 29.4 Å². The number of hydrogen-bond acceptors (Lipinski definition) is 11. The number of aromatic nitrogens is 2. The lowest BCUT2D eigenvalue weighted by atomic mass is 10.1. The molecule has 1 aromatic rings. The molecule has 3 heterocycles. The fourth-order valence-corrected chi connectivity index (χ4v) is 3.67. The molecule has 3 rings (SSSR count). The Balaban J connectivity index is 2.03. The van der Waals surface area contributed by atoms with Gasteiger partial charge in [0.1, 0.15) is 24.2 Å². The lowest BCUT2D eigenvalue weighted by Crippen LogP contribution is -2.48. The van der Waals surface area contributed by atoms with Crippen molar-refractivity contribution in [1.29, 1.82) is 0 Å². The van der Waals surface area contributed by atoms with Gasteiger partial charge >= 0.3 is 23.6 Å². The zero-order chi connectivity index (χ0) is 23.0. The molecule has 13 nitrogen and oxygen atoms in total. The maximum absolute atomic E-state index is 12.6. The number of H-pyrrole nitrogens is 1. The third-order valence-electron chi connectivity index (χ3n) is 4.94. The smallest absolute Gasteiger partial charge is 0.329 e. The van der Waals surface area contributed by atoms with Crippen molar-refractivity contribution in [2.75, 3.05) is 30.1 Å². The van der Waals surface area contributed by atoms with E-state index in [0.29, 0.717) is 0 Å². The minimum Gasteiger partial charge on any atom is -0.463 e. The van der Waals surface area contributed by atoms with E-state index in [0.717, 1.165) is 4.57 Å². The van der Waals surface area contributed by atoms with Gasteiger partial charge in [0.25, 0.3) is 5.56 Å². The van der Waals surface area contributed by atoms with Gasteiger partial charge in [0.05, 0.1) is 6.67 Å². The molecule has 1 saturated heterocycles. The largest absolute Gasteiger partial charge is 0.463 e. The van der Waals surface area contributed by atoms with E-state index in [1.54, 1.807) is 11.9 Å². The Morgan fingerprint density at radius 1 is 1.03 bits per heavy atom. The molecule has 0 radical (unpaired) electrons. The molecule has 1 fully saturated rings. The minimum absolute atomic E-state index is 0.111. The second-order valence-corrected chi connectivity index (χ2v) is 7.32. The quantitative estimate of drug-likeness (QED) is 0.418. The predicted octanol–water partition coefficient (Wildman–Crippen LogP) is -1.56. The monoisotopic (exact) mass is 440 g/mol. The number of fused-ring (bicyclic) bond motifs is 1. The first-order chi connectivity index (χ1) is 14.5. The Bertz CT molecular complexity index is 1020. The second-order valence-electron chi connectivity index (χ2n) is 7.32. The molecule has 1 aromatic heterocycles. The highest BCUT2D eigenvalue weighted by atomic mass is 16.7. The summed E-state index contributed by atoms with van der Waals surface area (Å²) in [6.45, 7) is 3.43. The molecule has 2 aliphatic rings. The van der Waals surface area contributed by atoms with Crippen LogP contribution in [-0.4, -0.2) is 72.3 Å². The number of nitrogens with zero attached hydrogens (tertiary/aromatic N) is 3. The number of anilines is 2. The molecule has 0 bridgehead atoms. The average molecular weight is 440 g/mol. The highest BCUT2D eigenvalue weighted by Crippen LogP contribution is 2.37. The van der Waals surface area contributed by atoms with Crippen molar-refractivity contribution < 1.29 is 33.3 Å². The zero-order valence-electron chi connectivity index (χ0n) is 17.7. The SMILES string of the molecule is CC(=O)OC[C@H]1O[C@@H](N2CN(C)c3c2[nH]c(=O)n(C)c3=O)[C@H](OC(C)=O)[C@@H]1OC(C)=O. The Kier molecular flexibility index (Phi) is 6.06. The Labute approximate surface area is 176 Å². The fourth-order valence-electron chi connectivity index (χ4n) is 3.67. The van der Waals surface area contributed by atoms with Gasteiger partial charge in [0.2, 0.25) is 0 Å². The van der Waals surface area contributed by atoms with Crippen molar-refractivity contribution in [2.45, 2.75) is 45.3 Å². The van der Waals surface area contributed by atoms with Crippen LogP contribution in [0, 0.1) is 0 Å². The average Bonchev–Trinajstić information content (AvgIpc) is 3.15. The highest BCUT2D eigenvalue weighted by molar-refractivity contribution is 5.72. The molecule has 0 spiro atoms. The predicted molar refractivity (Wildman–Crippen MR) is 104 cm³/mol. The number of rotatable bonds is 5. The molecule has 1 N–H and O–H groups in total. The summed E-state index contributed by atoms with van der Waals surface area (Å²) in [6, 6.07) is 0. The van der Waals surface area contributed by atoms with E-state index in [2.05, 4.69) is 4.98 Å². The Morgan fingerprint density at radius 3 is 2.23 bits per heavy atom. The van der Waals surface area contributed by atoms with Crippen molar-refractivity contribution in [1.82, 2.24) is 9.55 Å². The van der Waals surface area contributed by atoms with Crippen molar-refractivity contribution in [3.05, 3.63) is 20.8 Å². The molecule has 0 unspecified atom stereocenters. The number of carbonyl (C=O) groups is 3. The minimum atomic E-state index is -1.12. The van der Waals surface area contributed by atoms with E-state index in [1.165, 1.54) is 32.7 Å². The van der Waals surface area contributed by atoms with Crippen LogP contribution in [0.4, 0.5) is 11.5 Å². The first-order valence-corrected chi connectivity index (χ1v) is 9.45. The van der Waals surface area contributed by atoms with Gasteiger partial charge in [-0.3, -0.25) is 28.7 Å². The summed E-state index contributed by atoms with van der Waals surface area (Å²) in [7, 11) is 2.99. The normalized spacial score (nSPS) is 24.7.